The lowest BCUT2D eigenvalue weighted by atomic mass is 10.0. The van der Waals surface area contributed by atoms with Crippen molar-refractivity contribution in [2.45, 2.75) is 31.3 Å². The van der Waals surface area contributed by atoms with Crippen molar-refractivity contribution in [2.75, 3.05) is 0 Å². The predicted octanol–water partition coefficient (Wildman–Crippen LogP) is 1.19. The standard InChI is InChI=1S/C9H12N2O2S/c1-9(8(12)13,11-6-2-3-6)7-10-4-5-14-7/h4-6,11H,2-3H2,1H3,(H,12,13). The number of hydrogen-bond donors (Lipinski definition) is 2. The van der Waals surface area contributed by atoms with E-state index in [0.29, 0.717) is 11.0 Å². The van der Waals surface area contributed by atoms with Crippen LogP contribution in [0.3, 0.4) is 0 Å². The molecule has 0 bridgehead atoms. The highest BCUT2D eigenvalue weighted by Gasteiger charge is 2.41. The van der Waals surface area contributed by atoms with Crippen LogP contribution in [0, 0.1) is 0 Å². The van der Waals surface area contributed by atoms with E-state index in [2.05, 4.69) is 10.3 Å². The largest absolute Gasteiger partial charge is 0.480 e. The van der Waals surface area contributed by atoms with Crippen molar-refractivity contribution in [1.29, 1.82) is 0 Å². The fourth-order valence-corrected chi connectivity index (χ4v) is 2.08. The van der Waals surface area contributed by atoms with E-state index in [1.807, 2.05) is 0 Å². The summed E-state index contributed by atoms with van der Waals surface area (Å²) >= 11 is 1.37. The first kappa shape index (κ1) is 9.61. The zero-order valence-corrected chi connectivity index (χ0v) is 8.67. The van der Waals surface area contributed by atoms with E-state index in [1.165, 1.54) is 11.3 Å². The Kier molecular flexibility index (Phi) is 2.28. The maximum Gasteiger partial charge on any atom is 0.330 e. The molecule has 1 saturated carbocycles. The Morgan fingerprint density at radius 3 is 2.93 bits per heavy atom. The van der Waals surface area contributed by atoms with E-state index in [4.69, 9.17) is 0 Å². The molecule has 1 fully saturated rings. The van der Waals surface area contributed by atoms with Gasteiger partial charge >= 0.3 is 5.97 Å². The van der Waals surface area contributed by atoms with Crippen LogP contribution in [0.4, 0.5) is 0 Å². The minimum atomic E-state index is -1.02. The maximum absolute atomic E-state index is 11.2. The Morgan fingerprint density at radius 2 is 2.50 bits per heavy atom. The van der Waals surface area contributed by atoms with Gasteiger partial charge in [0.05, 0.1) is 0 Å². The molecule has 4 nitrogen and oxygen atoms in total. The zero-order valence-electron chi connectivity index (χ0n) is 7.86. The summed E-state index contributed by atoms with van der Waals surface area (Å²) in [5, 5.41) is 14.7. The van der Waals surface area contributed by atoms with Crippen molar-refractivity contribution in [1.82, 2.24) is 10.3 Å². The topological polar surface area (TPSA) is 62.2 Å². The summed E-state index contributed by atoms with van der Waals surface area (Å²) in [5.74, 6) is -0.862. The van der Waals surface area contributed by atoms with Crippen LogP contribution in [-0.2, 0) is 10.3 Å². The fraction of sp³-hybridized carbons (Fsp3) is 0.556. The monoisotopic (exact) mass is 212 g/mol. The number of thiazole rings is 1. The summed E-state index contributed by atoms with van der Waals surface area (Å²) in [7, 11) is 0. The lowest BCUT2D eigenvalue weighted by Gasteiger charge is -2.23. The van der Waals surface area contributed by atoms with Crippen LogP contribution in [0.5, 0.6) is 0 Å². The number of hydrogen-bond acceptors (Lipinski definition) is 4. The van der Waals surface area contributed by atoms with Gasteiger partial charge in [-0.15, -0.1) is 11.3 Å². The van der Waals surface area contributed by atoms with Gasteiger partial charge in [-0.3, -0.25) is 5.32 Å². The predicted molar refractivity (Wildman–Crippen MR) is 53.3 cm³/mol. The Balaban J connectivity index is 2.24. The smallest absolute Gasteiger partial charge is 0.330 e. The SMILES string of the molecule is CC(NC1CC1)(C(=O)O)c1nccs1. The van der Waals surface area contributed by atoms with Crippen molar-refractivity contribution in [3.05, 3.63) is 16.6 Å². The van der Waals surface area contributed by atoms with E-state index < -0.39 is 11.5 Å². The first-order valence-electron chi connectivity index (χ1n) is 4.54. The van der Waals surface area contributed by atoms with Gasteiger partial charge < -0.3 is 5.11 Å². The number of rotatable bonds is 4. The summed E-state index contributed by atoms with van der Waals surface area (Å²) in [4.78, 5) is 15.3. The molecular formula is C9H12N2O2S. The highest BCUT2D eigenvalue weighted by atomic mass is 32.1. The zero-order chi connectivity index (χ0) is 10.2. The molecule has 0 saturated heterocycles. The van der Waals surface area contributed by atoms with Crippen LogP contribution in [0.2, 0.25) is 0 Å². The van der Waals surface area contributed by atoms with Crippen molar-refractivity contribution in [3.8, 4) is 0 Å². The number of aliphatic carboxylic acids is 1. The molecule has 0 amide bonds. The first-order valence-corrected chi connectivity index (χ1v) is 5.42. The van der Waals surface area contributed by atoms with Gasteiger partial charge in [-0.2, -0.15) is 0 Å². The van der Waals surface area contributed by atoms with Gasteiger partial charge in [0.15, 0.2) is 5.54 Å². The molecule has 0 radical (unpaired) electrons. The number of nitrogens with zero attached hydrogens (tertiary/aromatic N) is 1. The first-order chi connectivity index (χ1) is 6.63. The summed E-state index contributed by atoms with van der Waals surface area (Å²) in [5.41, 5.74) is -1.02. The second kappa shape index (κ2) is 3.33. The van der Waals surface area contributed by atoms with E-state index in [1.54, 1.807) is 18.5 Å². The third-order valence-corrected chi connectivity index (χ3v) is 3.35. The Morgan fingerprint density at radius 1 is 1.79 bits per heavy atom. The molecule has 0 aromatic carbocycles. The van der Waals surface area contributed by atoms with Crippen LogP contribution in [-0.4, -0.2) is 22.1 Å². The van der Waals surface area contributed by atoms with Crippen LogP contribution < -0.4 is 5.32 Å². The third-order valence-electron chi connectivity index (χ3n) is 2.36. The lowest BCUT2D eigenvalue weighted by molar-refractivity contribution is -0.144. The van der Waals surface area contributed by atoms with Crippen LogP contribution >= 0.6 is 11.3 Å². The maximum atomic E-state index is 11.2. The number of nitrogens with one attached hydrogen (secondary N) is 1. The van der Waals surface area contributed by atoms with Gasteiger partial charge in [0.25, 0.3) is 0 Å². The second-order valence-corrected chi connectivity index (χ2v) is 4.58. The van der Waals surface area contributed by atoms with Crippen molar-refractivity contribution >= 4 is 17.3 Å². The minimum Gasteiger partial charge on any atom is -0.480 e. The van der Waals surface area contributed by atoms with Crippen molar-refractivity contribution in [3.63, 3.8) is 0 Å². The fourth-order valence-electron chi connectivity index (χ4n) is 1.32. The van der Waals surface area contributed by atoms with Gasteiger partial charge in [-0.25, -0.2) is 9.78 Å². The second-order valence-electron chi connectivity index (χ2n) is 3.69. The summed E-state index contributed by atoms with van der Waals surface area (Å²) in [6, 6.07) is 0.347. The molecular weight excluding hydrogens is 200 g/mol. The lowest BCUT2D eigenvalue weighted by Crippen LogP contribution is -2.47. The van der Waals surface area contributed by atoms with E-state index in [0.717, 1.165) is 12.8 Å². The molecule has 1 aliphatic rings. The Hall–Kier alpha value is -0.940. The molecule has 2 rings (SSSR count). The van der Waals surface area contributed by atoms with Crippen molar-refractivity contribution in [2.24, 2.45) is 0 Å². The molecule has 1 aliphatic carbocycles. The van der Waals surface area contributed by atoms with Crippen LogP contribution in [0.1, 0.15) is 24.8 Å². The number of carbonyl (C=O) groups is 1. The Labute approximate surface area is 86.0 Å². The van der Waals surface area contributed by atoms with Gasteiger partial charge in [-0.05, 0) is 19.8 Å². The van der Waals surface area contributed by atoms with Crippen LogP contribution in [0.25, 0.3) is 0 Å². The van der Waals surface area contributed by atoms with Gasteiger partial charge in [0.2, 0.25) is 0 Å². The summed E-state index contributed by atoms with van der Waals surface area (Å²) in [6.07, 6.45) is 3.76. The molecule has 1 aromatic heterocycles. The number of carboxylic acid groups (broad SMARTS) is 1. The van der Waals surface area contributed by atoms with E-state index >= 15 is 0 Å². The Bertz CT molecular complexity index is 335. The molecule has 0 spiro atoms. The summed E-state index contributed by atoms with van der Waals surface area (Å²) in [6.45, 7) is 1.67. The average Bonchev–Trinajstić information content (AvgIpc) is 2.78. The van der Waals surface area contributed by atoms with E-state index in [-0.39, 0.29) is 0 Å². The average molecular weight is 212 g/mol. The quantitative estimate of drug-likeness (QED) is 0.787. The van der Waals surface area contributed by atoms with Crippen molar-refractivity contribution < 1.29 is 9.90 Å². The normalized spacial score (nSPS) is 20.4. The molecule has 5 heteroatoms. The van der Waals surface area contributed by atoms with E-state index in [9.17, 15) is 9.90 Å². The highest BCUT2D eigenvalue weighted by molar-refractivity contribution is 7.09. The molecule has 1 unspecified atom stereocenters. The molecule has 2 N–H and O–H groups in total. The molecule has 14 heavy (non-hydrogen) atoms. The summed E-state index contributed by atoms with van der Waals surface area (Å²) < 4.78 is 0. The number of carboxylic acids is 1. The van der Waals surface area contributed by atoms with Crippen LogP contribution in [0.15, 0.2) is 11.6 Å². The molecule has 1 aromatic rings. The highest BCUT2D eigenvalue weighted by Crippen LogP contribution is 2.29. The number of aromatic nitrogens is 1. The van der Waals surface area contributed by atoms with Gasteiger partial charge in [0.1, 0.15) is 5.01 Å². The molecule has 76 valence electrons. The van der Waals surface area contributed by atoms with Gasteiger partial charge in [0, 0.05) is 17.6 Å². The van der Waals surface area contributed by atoms with Gasteiger partial charge in [-0.1, -0.05) is 0 Å². The third kappa shape index (κ3) is 1.65. The molecule has 0 aliphatic heterocycles. The molecule has 1 heterocycles. The minimum absolute atomic E-state index is 0.347. The molecule has 1 atom stereocenters.